The Bertz CT molecular complexity index is 523. The molecule has 0 saturated carbocycles. The molecule has 0 unspecified atom stereocenters. The molecule has 0 spiro atoms. The van der Waals surface area contributed by atoms with Crippen LogP contribution in [-0.2, 0) is 6.42 Å². The molecule has 1 amide bonds. The quantitative estimate of drug-likeness (QED) is 0.932. The first-order chi connectivity index (χ1) is 9.33. The highest BCUT2D eigenvalue weighted by Crippen LogP contribution is 2.21. The molecule has 1 saturated heterocycles. The van der Waals surface area contributed by atoms with Gasteiger partial charge in [0, 0.05) is 30.4 Å². The van der Waals surface area contributed by atoms with E-state index in [0.29, 0.717) is 11.6 Å². The molecular formula is C13H16N4OS. The number of nitrogens with one attached hydrogen (secondary N) is 1. The summed E-state index contributed by atoms with van der Waals surface area (Å²) in [6.45, 7) is 1.66. The predicted molar refractivity (Wildman–Crippen MR) is 73.0 cm³/mol. The summed E-state index contributed by atoms with van der Waals surface area (Å²) < 4.78 is 0. The lowest BCUT2D eigenvalue weighted by Gasteiger charge is -2.32. The number of rotatable bonds is 3. The van der Waals surface area contributed by atoms with E-state index in [2.05, 4.69) is 15.2 Å². The van der Waals surface area contributed by atoms with Gasteiger partial charge in [0.2, 0.25) is 0 Å². The van der Waals surface area contributed by atoms with Gasteiger partial charge in [-0.15, -0.1) is 11.3 Å². The molecule has 1 fully saturated rings. The lowest BCUT2D eigenvalue weighted by molar-refractivity contribution is 0.0667. The van der Waals surface area contributed by atoms with E-state index >= 15 is 0 Å². The zero-order chi connectivity index (χ0) is 13.1. The second-order valence-corrected chi connectivity index (χ2v) is 5.64. The molecule has 0 bridgehead atoms. The number of nitrogens with zero attached hydrogens (tertiary/aromatic N) is 3. The van der Waals surface area contributed by atoms with Crippen molar-refractivity contribution in [2.45, 2.75) is 19.3 Å². The Morgan fingerprint density at radius 1 is 1.58 bits per heavy atom. The van der Waals surface area contributed by atoms with E-state index in [-0.39, 0.29) is 5.91 Å². The minimum absolute atomic E-state index is 0.0653. The number of aromatic amines is 1. The van der Waals surface area contributed by atoms with Crippen molar-refractivity contribution in [2.75, 3.05) is 13.1 Å². The second kappa shape index (κ2) is 5.52. The molecule has 1 aliphatic heterocycles. The maximum atomic E-state index is 12.3. The Kier molecular flexibility index (Phi) is 3.59. The Morgan fingerprint density at radius 2 is 2.53 bits per heavy atom. The molecule has 1 N–H and O–H groups in total. The first-order valence-corrected chi connectivity index (χ1v) is 7.43. The highest BCUT2D eigenvalue weighted by atomic mass is 32.1. The van der Waals surface area contributed by atoms with Crippen molar-refractivity contribution in [1.82, 2.24) is 20.1 Å². The largest absolute Gasteiger partial charge is 0.337 e. The van der Waals surface area contributed by atoms with Crippen LogP contribution >= 0.6 is 11.3 Å². The standard InChI is InChI=1S/C13H16N4OS/c18-13(12-8-19-9-14-12)17-5-1-2-10(7-17)6-11-3-4-15-16-11/h3-4,8-10H,1-2,5-7H2,(H,15,16)/t10-/m1/s1. The number of H-pyrrole nitrogens is 1. The number of hydrogen-bond acceptors (Lipinski definition) is 4. The van der Waals surface area contributed by atoms with Crippen LogP contribution in [0.5, 0.6) is 0 Å². The van der Waals surface area contributed by atoms with Crippen molar-refractivity contribution in [3.8, 4) is 0 Å². The third-order valence-electron chi connectivity index (χ3n) is 3.52. The smallest absolute Gasteiger partial charge is 0.273 e. The summed E-state index contributed by atoms with van der Waals surface area (Å²) in [5, 5.41) is 8.78. The fraction of sp³-hybridized carbons (Fsp3) is 0.462. The van der Waals surface area contributed by atoms with E-state index in [1.54, 1.807) is 11.7 Å². The van der Waals surface area contributed by atoms with Crippen molar-refractivity contribution in [3.63, 3.8) is 0 Å². The van der Waals surface area contributed by atoms with Crippen molar-refractivity contribution in [3.05, 3.63) is 34.5 Å². The van der Waals surface area contributed by atoms with Crippen LogP contribution in [0, 0.1) is 5.92 Å². The summed E-state index contributed by atoms with van der Waals surface area (Å²) in [7, 11) is 0. The van der Waals surface area contributed by atoms with Crippen LogP contribution in [0.25, 0.3) is 0 Å². The molecule has 0 aromatic carbocycles. The first-order valence-electron chi connectivity index (χ1n) is 6.48. The molecule has 19 heavy (non-hydrogen) atoms. The molecule has 2 aromatic heterocycles. The number of hydrogen-bond donors (Lipinski definition) is 1. The van der Waals surface area contributed by atoms with Gasteiger partial charge >= 0.3 is 0 Å². The first kappa shape index (κ1) is 12.3. The molecule has 100 valence electrons. The van der Waals surface area contributed by atoms with Crippen molar-refractivity contribution in [1.29, 1.82) is 0 Å². The molecule has 3 rings (SSSR count). The summed E-state index contributed by atoms with van der Waals surface area (Å²) in [6.07, 6.45) is 4.96. The third-order valence-corrected chi connectivity index (χ3v) is 4.11. The Labute approximate surface area is 115 Å². The Hall–Kier alpha value is -1.69. The van der Waals surface area contributed by atoms with E-state index in [9.17, 15) is 4.79 Å². The highest BCUT2D eigenvalue weighted by molar-refractivity contribution is 7.07. The van der Waals surface area contributed by atoms with Gasteiger partial charge in [-0.1, -0.05) is 0 Å². The average molecular weight is 276 g/mol. The van der Waals surface area contributed by atoms with Gasteiger partial charge in [0.1, 0.15) is 5.69 Å². The predicted octanol–water partition coefficient (Wildman–Crippen LogP) is 1.96. The number of amides is 1. The lowest BCUT2D eigenvalue weighted by Crippen LogP contribution is -2.40. The van der Waals surface area contributed by atoms with Crippen LogP contribution in [-0.4, -0.2) is 39.1 Å². The lowest BCUT2D eigenvalue weighted by atomic mass is 9.93. The summed E-state index contributed by atoms with van der Waals surface area (Å²) in [4.78, 5) is 18.3. The molecule has 0 radical (unpaired) electrons. The second-order valence-electron chi connectivity index (χ2n) is 4.92. The monoisotopic (exact) mass is 276 g/mol. The van der Waals surface area contributed by atoms with Gasteiger partial charge in [-0.05, 0) is 31.2 Å². The Morgan fingerprint density at radius 3 is 3.26 bits per heavy atom. The molecular weight excluding hydrogens is 260 g/mol. The summed E-state index contributed by atoms with van der Waals surface area (Å²) in [6, 6.07) is 2.00. The van der Waals surface area contributed by atoms with Crippen LogP contribution in [0.2, 0.25) is 0 Å². The van der Waals surface area contributed by atoms with Crippen LogP contribution in [0.1, 0.15) is 29.0 Å². The van der Waals surface area contributed by atoms with Crippen LogP contribution < -0.4 is 0 Å². The van der Waals surface area contributed by atoms with Crippen LogP contribution in [0.4, 0.5) is 0 Å². The van der Waals surface area contributed by atoms with Crippen LogP contribution in [0.3, 0.4) is 0 Å². The number of carbonyl (C=O) groups excluding carboxylic acids is 1. The number of thiazole rings is 1. The number of carbonyl (C=O) groups is 1. The van der Waals surface area contributed by atoms with Gasteiger partial charge in [0.25, 0.3) is 5.91 Å². The topological polar surface area (TPSA) is 61.9 Å². The average Bonchev–Trinajstić information content (AvgIpc) is 3.11. The molecule has 1 atom stereocenters. The molecule has 3 heterocycles. The minimum atomic E-state index is 0.0653. The van der Waals surface area contributed by atoms with Gasteiger partial charge in [-0.25, -0.2) is 4.98 Å². The van der Waals surface area contributed by atoms with Gasteiger partial charge in [0.05, 0.1) is 5.51 Å². The highest BCUT2D eigenvalue weighted by Gasteiger charge is 2.25. The summed E-state index contributed by atoms with van der Waals surface area (Å²) in [5.41, 5.74) is 3.43. The molecule has 0 aliphatic carbocycles. The molecule has 6 heteroatoms. The van der Waals surface area contributed by atoms with Gasteiger partial charge in [-0.3, -0.25) is 9.89 Å². The van der Waals surface area contributed by atoms with Crippen molar-refractivity contribution >= 4 is 17.2 Å². The van der Waals surface area contributed by atoms with Crippen molar-refractivity contribution < 1.29 is 4.79 Å². The summed E-state index contributed by atoms with van der Waals surface area (Å²) in [5.74, 6) is 0.576. The van der Waals surface area contributed by atoms with E-state index in [0.717, 1.165) is 31.6 Å². The SMILES string of the molecule is O=C(c1cscn1)N1CCC[C@H](Cc2ccn[nH]2)C1. The van der Waals surface area contributed by atoms with Crippen LogP contribution in [0.15, 0.2) is 23.2 Å². The molecule has 1 aliphatic rings. The number of aromatic nitrogens is 3. The Balaban J connectivity index is 1.63. The molecule has 5 nitrogen and oxygen atoms in total. The number of piperidine rings is 1. The number of likely N-dealkylation sites (tertiary alicyclic amines) is 1. The van der Waals surface area contributed by atoms with Gasteiger partial charge in [-0.2, -0.15) is 5.10 Å². The van der Waals surface area contributed by atoms with E-state index < -0.39 is 0 Å². The summed E-state index contributed by atoms with van der Waals surface area (Å²) >= 11 is 1.46. The van der Waals surface area contributed by atoms with E-state index in [1.807, 2.05) is 16.3 Å². The van der Waals surface area contributed by atoms with Crippen molar-refractivity contribution in [2.24, 2.45) is 5.92 Å². The normalized spacial score (nSPS) is 19.6. The van der Waals surface area contributed by atoms with Gasteiger partial charge < -0.3 is 4.90 Å². The minimum Gasteiger partial charge on any atom is -0.337 e. The van der Waals surface area contributed by atoms with E-state index in [4.69, 9.17) is 0 Å². The molecule has 2 aromatic rings. The maximum Gasteiger partial charge on any atom is 0.273 e. The maximum absolute atomic E-state index is 12.3. The fourth-order valence-corrected chi connectivity index (χ4v) is 3.13. The van der Waals surface area contributed by atoms with Gasteiger partial charge in [0.15, 0.2) is 0 Å². The zero-order valence-electron chi connectivity index (χ0n) is 10.6. The third kappa shape index (κ3) is 2.84. The fourth-order valence-electron chi connectivity index (χ4n) is 2.61. The zero-order valence-corrected chi connectivity index (χ0v) is 11.4. The van der Waals surface area contributed by atoms with E-state index in [1.165, 1.54) is 17.8 Å².